The summed E-state index contributed by atoms with van der Waals surface area (Å²) in [5.74, 6) is -13.3. The first-order valence-electron chi connectivity index (χ1n) is 8.27. The maximum Gasteiger partial charge on any atom is 0.491 e. The van der Waals surface area contributed by atoms with E-state index < -0.39 is 76.9 Å². The largest absolute Gasteiger partial charge is 0.491 e. The van der Waals surface area contributed by atoms with Gasteiger partial charge in [0.2, 0.25) is 0 Å². The number of hydrogen-bond acceptors (Lipinski definition) is 7. The first-order chi connectivity index (χ1) is 14.0. The number of hydrogen-bond donors (Lipinski definition) is 0. The molecule has 0 bridgehead atoms. The number of ether oxygens (including phenoxy) is 2. The molecule has 172 valence electrons. The molecule has 0 spiro atoms. The lowest BCUT2D eigenvalue weighted by Gasteiger charge is -2.19. The van der Waals surface area contributed by atoms with Crippen LogP contribution in [0, 0.1) is 6.92 Å². The third kappa shape index (κ3) is 5.30. The van der Waals surface area contributed by atoms with Crippen molar-refractivity contribution in [2.75, 3.05) is 6.61 Å². The lowest BCUT2D eigenvalue weighted by molar-refractivity contribution is -0.193. The summed E-state index contributed by atoms with van der Waals surface area (Å²) in [5, 5.41) is 0. The summed E-state index contributed by atoms with van der Waals surface area (Å²) in [6.07, 6.45) is -11.3. The van der Waals surface area contributed by atoms with Crippen LogP contribution in [0.1, 0.15) is 51.9 Å². The summed E-state index contributed by atoms with van der Waals surface area (Å²) in [6.45, 7) is 2.57. The molecule has 31 heavy (non-hydrogen) atoms. The van der Waals surface area contributed by atoms with E-state index in [4.69, 9.17) is 0 Å². The summed E-state index contributed by atoms with van der Waals surface area (Å²) < 4.78 is 85.4. The first kappa shape index (κ1) is 25.8. The average Bonchev–Trinajstić information content (AvgIpc) is 2.84. The Morgan fingerprint density at radius 1 is 1.00 bits per heavy atom. The molecule has 0 saturated carbocycles. The SMILES string of the molecule is CCOC(=O)C(C(=O)C(F)(F)F)c1c(C(=O)OC(=O)C(F)(F)F)c(C)c(C(C)=O)n1C. The molecule has 0 N–H and O–H groups in total. The third-order valence-electron chi connectivity index (χ3n) is 3.97. The van der Waals surface area contributed by atoms with Crippen LogP contribution in [0.5, 0.6) is 0 Å². The minimum absolute atomic E-state index is 0.490. The van der Waals surface area contributed by atoms with Gasteiger partial charge < -0.3 is 14.0 Å². The zero-order valence-corrected chi connectivity index (χ0v) is 16.4. The fourth-order valence-electron chi connectivity index (χ4n) is 2.87. The summed E-state index contributed by atoms with van der Waals surface area (Å²) in [4.78, 5) is 59.3. The zero-order chi connectivity index (χ0) is 24.5. The quantitative estimate of drug-likeness (QED) is 0.278. The maximum atomic E-state index is 13.1. The monoisotopic (exact) mass is 459 g/mol. The van der Waals surface area contributed by atoms with E-state index in [0.717, 1.165) is 20.9 Å². The molecule has 0 aromatic carbocycles. The van der Waals surface area contributed by atoms with Crippen LogP contribution in [0.15, 0.2) is 0 Å². The number of esters is 3. The van der Waals surface area contributed by atoms with Gasteiger partial charge in [0.1, 0.15) is 0 Å². The van der Waals surface area contributed by atoms with Gasteiger partial charge in [-0.3, -0.25) is 14.4 Å². The predicted octanol–water partition coefficient (Wildman–Crippen LogP) is 2.56. The Kier molecular flexibility index (Phi) is 7.42. The molecule has 0 fully saturated rings. The Morgan fingerprint density at radius 2 is 1.52 bits per heavy atom. The Bertz CT molecular complexity index is 942. The van der Waals surface area contributed by atoms with Crippen LogP contribution < -0.4 is 0 Å². The van der Waals surface area contributed by atoms with Gasteiger partial charge in [-0.05, 0) is 19.4 Å². The van der Waals surface area contributed by atoms with Crippen molar-refractivity contribution in [2.24, 2.45) is 7.05 Å². The van der Waals surface area contributed by atoms with Gasteiger partial charge in [-0.15, -0.1) is 0 Å². The fraction of sp³-hybridized carbons (Fsp3) is 0.471. The molecule has 1 heterocycles. The molecule has 0 aliphatic heterocycles. The second kappa shape index (κ2) is 8.89. The molecule has 1 atom stereocenters. The highest BCUT2D eigenvalue weighted by molar-refractivity contribution is 6.11. The van der Waals surface area contributed by atoms with Crippen molar-refractivity contribution in [3.05, 3.63) is 22.5 Å². The number of rotatable bonds is 6. The standard InChI is InChI=1S/C17H15F6NO7/c1-5-30-13(27)9(12(26)16(18,19)20)11-8(6(2)10(7(3)25)24(11)4)14(28)31-15(29)17(21,22)23/h9H,5H2,1-4H3. The van der Waals surface area contributed by atoms with Gasteiger partial charge in [0.25, 0.3) is 5.78 Å². The van der Waals surface area contributed by atoms with Crippen molar-refractivity contribution >= 4 is 29.5 Å². The molecule has 0 radical (unpaired) electrons. The van der Waals surface area contributed by atoms with Crippen molar-refractivity contribution in [1.29, 1.82) is 0 Å². The smallest absolute Gasteiger partial charge is 0.465 e. The maximum absolute atomic E-state index is 13.1. The second-order valence-corrected chi connectivity index (χ2v) is 6.07. The van der Waals surface area contributed by atoms with Crippen molar-refractivity contribution in [3.63, 3.8) is 0 Å². The highest BCUT2D eigenvalue weighted by Gasteiger charge is 2.51. The number of Topliss-reactive ketones (excluding diaryl/α,β-unsaturated/α-hetero) is 2. The van der Waals surface area contributed by atoms with Gasteiger partial charge in [0, 0.05) is 14.0 Å². The van der Waals surface area contributed by atoms with Crippen LogP contribution in [0.2, 0.25) is 0 Å². The Morgan fingerprint density at radius 3 is 1.90 bits per heavy atom. The molecule has 0 aliphatic rings. The zero-order valence-electron chi connectivity index (χ0n) is 16.4. The highest BCUT2D eigenvalue weighted by Crippen LogP contribution is 2.35. The minimum Gasteiger partial charge on any atom is -0.465 e. The predicted molar refractivity (Wildman–Crippen MR) is 87.1 cm³/mol. The van der Waals surface area contributed by atoms with Crippen LogP contribution in [0.3, 0.4) is 0 Å². The lowest BCUT2D eigenvalue weighted by atomic mass is 9.94. The summed E-state index contributed by atoms with van der Waals surface area (Å²) in [6, 6.07) is 0. The fourth-order valence-corrected chi connectivity index (χ4v) is 2.87. The molecule has 8 nitrogen and oxygen atoms in total. The van der Waals surface area contributed by atoms with Gasteiger partial charge in [0.15, 0.2) is 11.7 Å². The van der Waals surface area contributed by atoms with Crippen molar-refractivity contribution in [2.45, 2.75) is 39.0 Å². The van der Waals surface area contributed by atoms with Crippen LogP contribution in [0.4, 0.5) is 26.3 Å². The average molecular weight is 459 g/mol. The summed E-state index contributed by atoms with van der Waals surface area (Å²) in [7, 11) is 0.900. The molecular weight excluding hydrogens is 444 g/mol. The minimum atomic E-state index is -5.63. The molecule has 1 aromatic heterocycles. The molecule has 14 heteroatoms. The number of carbonyl (C=O) groups is 5. The van der Waals surface area contributed by atoms with Gasteiger partial charge in [-0.1, -0.05) is 0 Å². The van der Waals surface area contributed by atoms with Gasteiger partial charge >= 0.3 is 30.3 Å². The molecule has 0 amide bonds. The van der Waals surface area contributed by atoms with Crippen LogP contribution in [-0.2, 0) is 30.9 Å². The summed E-state index contributed by atoms with van der Waals surface area (Å²) >= 11 is 0. The van der Waals surface area contributed by atoms with E-state index in [9.17, 15) is 50.3 Å². The van der Waals surface area contributed by atoms with Crippen molar-refractivity contribution in [3.8, 4) is 0 Å². The number of halogens is 6. The molecule has 1 aromatic rings. The molecule has 1 unspecified atom stereocenters. The Balaban J connectivity index is 3.87. The lowest BCUT2D eigenvalue weighted by Crippen LogP contribution is -2.37. The Labute approximate surface area is 170 Å². The first-order valence-corrected chi connectivity index (χ1v) is 8.27. The van der Waals surface area contributed by atoms with E-state index in [1.54, 1.807) is 0 Å². The van der Waals surface area contributed by atoms with E-state index >= 15 is 0 Å². The van der Waals surface area contributed by atoms with Crippen LogP contribution >= 0.6 is 0 Å². The molecule has 0 saturated heterocycles. The van der Waals surface area contributed by atoms with Crippen molar-refractivity contribution < 1.29 is 59.8 Å². The number of ketones is 2. The highest BCUT2D eigenvalue weighted by atomic mass is 19.4. The number of aromatic nitrogens is 1. The number of alkyl halides is 6. The van der Waals surface area contributed by atoms with E-state index in [-0.39, 0.29) is 0 Å². The number of carbonyl (C=O) groups excluding carboxylic acids is 5. The van der Waals surface area contributed by atoms with E-state index in [1.807, 2.05) is 0 Å². The topological polar surface area (TPSA) is 109 Å². The molecule has 1 rings (SSSR count). The Hall–Kier alpha value is -3.19. The van der Waals surface area contributed by atoms with E-state index in [2.05, 4.69) is 9.47 Å². The number of nitrogens with zero attached hydrogens (tertiary/aromatic N) is 1. The van der Waals surface area contributed by atoms with Gasteiger partial charge in [-0.25, -0.2) is 9.59 Å². The van der Waals surface area contributed by atoms with Crippen molar-refractivity contribution in [1.82, 2.24) is 4.57 Å². The van der Waals surface area contributed by atoms with E-state index in [1.165, 1.54) is 6.92 Å². The van der Waals surface area contributed by atoms with E-state index in [0.29, 0.717) is 4.57 Å². The van der Waals surface area contributed by atoms with Crippen LogP contribution in [0.25, 0.3) is 0 Å². The summed E-state index contributed by atoms with van der Waals surface area (Å²) in [5.41, 5.74) is -3.27. The van der Waals surface area contributed by atoms with Crippen LogP contribution in [-0.4, -0.2) is 53.0 Å². The second-order valence-electron chi connectivity index (χ2n) is 6.07. The third-order valence-corrected chi connectivity index (χ3v) is 3.97. The normalized spacial score (nSPS) is 12.8. The van der Waals surface area contributed by atoms with Gasteiger partial charge in [0.05, 0.1) is 23.6 Å². The molecule has 0 aliphatic carbocycles. The van der Waals surface area contributed by atoms with Gasteiger partial charge in [-0.2, -0.15) is 26.3 Å². The molecular formula is C17H15F6NO7.